The Morgan fingerprint density at radius 3 is 2.86 bits per heavy atom. The molecule has 1 heterocycles. The molecule has 0 spiro atoms. The summed E-state index contributed by atoms with van der Waals surface area (Å²) in [5, 5.41) is 4.68. The number of benzene rings is 2. The first-order valence-corrected chi connectivity index (χ1v) is 7.08. The maximum atomic E-state index is 12.0. The van der Waals surface area contributed by atoms with Crippen molar-refractivity contribution < 1.29 is 14.3 Å². The summed E-state index contributed by atoms with van der Waals surface area (Å²) in [5.74, 6) is 0.785. The number of halogens is 2. The minimum Gasteiger partial charge on any atom is -0.454 e. The Morgan fingerprint density at radius 2 is 2.00 bits per heavy atom. The summed E-state index contributed by atoms with van der Waals surface area (Å²) in [7, 11) is 0. The van der Waals surface area contributed by atoms with Crippen molar-refractivity contribution >= 4 is 35.3 Å². The van der Waals surface area contributed by atoms with E-state index in [0.29, 0.717) is 32.7 Å². The first kappa shape index (κ1) is 14.7. The van der Waals surface area contributed by atoms with Crippen LogP contribution in [0.2, 0.25) is 10.0 Å². The summed E-state index contributed by atoms with van der Waals surface area (Å²) in [4.78, 5) is 12.0. The van der Waals surface area contributed by atoms with Gasteiger partial charge in [0.25, 0.3) is 5.91 Å². The molecule has 1 amide bonds. The summed E-state index contributed by atoms with van der Waals surface area (Å²) in [6.07, 6.45) is 1.43. The van der Waals surface area contributed by atoms with E-state index in [2.05, 4.69) is 10.5 Å². The van der Waals surface area contributed by atoms with Gasteiger partial charge in [-0.05, 0) is 24.3 Å². The van der Waals surface area contributed by atoms with Gasteiger partial charge in [-0.2, -0.15) is 5.10 Å². The van der Waals surface area contributed by atoms with Crippen LogP contribution in [0.4, 0.5) is 0 Å². The fourth-order valence-corrected chi connectivity index (χ4v) is 2.24. The van der Waals surface area contributed by atoms with Crippen LogP contribution >= 0.6 is 23.2 Å². The van der Waals surface area contributed by atoms with Crippen LogP contribution in [-0.2, 0) is 0 Å². The van der Waals surface area contributed by atoms with Gasteiger partial charge in [-0.1, -0.05) is 35.3 Å². The zero-order chi connectivity index (χ0) is 15.5. The highest BCUT2D eigenvalue weighted by Crippen LogP contribution is 2.32. The maximum Gasteiger partial charge on any atom is 0.271 e. The molecule has 0 radical (unpaired) electrons. The van der Waals surface area contributed by atoms with Gasteiger partial charge in [-0.15, -0.1) is 0 Å². The molecular formula is C15H10Cl2N2O3. The van der Waals surface area contributed by atoms with Gasteiger partial charge in [0.05, 0.1) is 16.3 Å². The highest BCUT2D eigenvalue weighted by Gasteiger charge is 2.15. The smallest absolute Gasteiger partial charge is 0.271 e. The number of amides is 1. The fraction of sp³-hybridized carbons (Fsp3) is 0.0667. The van der Waals surface area contributed by atoms with Crippen LogP contribution in [0.5, 0.6) is 11.5 Å². The topological polar surface area (TPSA) is 59.9 Å². The van der Waals surface area contributed by atoms with Gasteiger partial charge in [-0.25, -0.2) is 5.43 Å². The van der Waals surface area contributed by atoms with Crippen molar-refractivity contribution in [1.29, 1.82) is 0 Å². The minimum absolute atomic E-state index is 0.159. The lowest BCUT2D eigenvalue weighted by Gasteiger charge is -2.02. The van der Waals surface area contributed by atoms with E-state index in [-0.39, 0.29) is 12.7 Å². The highest BCUT2D eigenvalue weighted by molar-refractivity contribution is 6.43. The Bertz CT molecular complexity index is 762. The Hall–Kier alpha value is -2.24. The van der Waals surface area contributed by atoms with Crippen molar-refractivity contribution in [2.75, 3.05) is 6.79 Å². The van der Waals surface area contributed by atoms with Crippen LogP contribution < -0.4 is 14.9 Å². The molecule has 1 aliphatic heterocycles. The number of carbonyl (C=O) groups excluding carboxylic acids is 1. The number of rotatable bonds is 3. The Morgan fingerprint density at radius 1 is 1.18 bits per heavy atom. The predicted molar refractivity (Wildman–Crippen MR) is 84.1 cm³/mol. The zero-order valence-corrected chi connectivity index (χ0v) is 12.7. The Kier molecular flexibility index (Phi) is 4.18. The Labute approximate surface area is 136 Å². The number of carbonyl (C=O) groups is 1. The molecule has 0 saturated heterocycles. The zero-order valence-electron chi connectivity index (χ0n) is 11.2. The first-order valence-electron chi connectivity index (χ1n) is 6.32. The molecule has 2 aromatic carbocycles. The van der Waals surface area contributed by atoms with E-state index in [0.717, 1.165) is 0 Å². The molecule has 0 atom stereocenters. The van der Waals surface area contributed by atoms with Crippen LogP contribution in [0.3, 0.4) is 0 Å². The van der Waals surface area contributed by atoms with E-state index >= 15 is 0 Å². The quantitative estimate of drug-likeness (QED) is 0.689. The molecule has 0 unspecified atom stereocenters. The number of hydrazone groups is 1. The van der Waals surface area contributed by atoms with Crippen molar-refractivity contribution in [3.63, 3.8) is 0 Å². The second-order valence-corrected chi connectivity index (χ2v) is 5.20. The van der Waals surface area contributed by atoms with Gasteiger partial charge in [-0.3, -0.25) is 4.79 Å². The molecule has 5 nitrogen and oxygen atoms in total. The van der Waals surface area contributed by atoms with Crippen molar-refractivity contribution in [1.82, 2.24) is 5.43 Å². The molecule has 0 saturated carbocycles. The summed E-state index contributed by atoms with van der Waals surface area (Å²) in [6, 6.07) is 10.1. The summed E-state index contributed by atoms with van der Waals surface area (Å²) < 4.78 is 10.4. The van der Waals surface area contributed by atoms with E-state index in [4.69, 9.17) is 32.7 Å². The molecule has 3 rings (SSSR count). The van der Waals surface area contributed by atoms with Crippen molar-refractivity contribution in [2.45, 2.75) is 0 Å². The molecule has 22 heavy (non-hydrogen) atoms. The molecule has 0 fully saturated rings. The van der Waals surface area contributed by atoms with Gasteiger partial charge in [0.1, 0.15) is 0 Å². The van der Waals surface area contributed by atoms with E-state index < -0.39 is 0 Å². The monoisotopic (exact) mass is 336 g/mol. The van der Waals surface area contributed by atoms with E-state index in [1.165, 1.54) is 6.21 Å². The number of fused-ring (bicyclic) bond motifs is 1. The predicted octanol–water partition coefficient (Wildman–Crippen LogP) is 3.49. The highest BCUT2D eigenvalue weighted by atomic mass is 35.5. The van der Waals surface area contributed by atoms with Crippen LogP contribution in [0.1, 0.15) is 15.9 Å². The van der Waals surface area contributed by atoms with Gasteiger partial charge in [0, 0.05) is 11.1 Å². The van der Waals surface area contributed by atoms with Gasteiger partial charge >= 0.3 is 0 Å². The molecule has 112 valence electrons. The second-order valence-electron chi connectivity index (χ2n) is 4.41. The summed E-state index contributed by atoms with van der Waals surface area (Å²) in [5.41, 5.74) is 3.44. The fourth-order valence-electron chi connectivity index (χ4n) is 1.88. The number of nitrogens with zero attached hydrogens (tertiary/aromatic N) is 1. The number of hydrogen-bond acceptors (Lipinski definition) is 4. The molecular weight excluding hydrogens is 327 g/mol. The van der Waals surface area contributed by atoms with E-state index in [1.54, 1.807) is 36.4 Å². The maximum absolute atomic E-state index is 12.0. The van der Waals surface area contributed by atoms with Crippen LogP contribution in [0.15, 0.2) is 41.5 Å². The molecule has 1 N–H and O–H groups in total. The largest absolute Gasteiger partial charge is 0.454 e. The Balaban J connectivity index is 1.70. The molecule has 1 aliphatic rings. The third-order valence-electron chi connectivity index (χ3n) is 2.99. The number of nitrogens with one attached hydrogen (secondary N) is 1. The van der Waals surface area contributed by atoms with Crippen LogP contribution in [-0.4, -0.2) is 18.9 Å². The van der Waals surface area contributed by atoms with Crippen LogP contribution in [0, 0.1) is 0 Å². The lowest BCUT2D eigenvalue weighted by atomic mass is 10.2. The van der Waals surface area contributed by atoms with Gasteiger partial charge < -0.3 is 9.47 Å². The number of hydrogen-bond donors (Lipinski definition) is 1. The molecule has 0 aliphatic carbocycles. The average molecular weight is 337 g/mol. The molecule has 0 aromatic heterocycles. The van der Waals surface area contributed by atoms with E-state index in [9.17, 15) is 4.79 Å². The van der Waals surface area contributed by atoms with Gasteiger partial charge in [0.15, 0.2) is 11.5 Å². The number of ether oxygens (including phenoxy) is 2. The van der Waals surface area contributed by atoms with E-state index in [1.807, 2.05) is 0 Å². The van der Waals surface area contributed by atoms with Crippen molar-refractivity contribution in [3.05, 3.63) is 57.6 Å². The molecule has 0 bridgehead atoms. The molecule has 7 heteroatoms. The van der Waals surface area contributed by atoms with Crippen LogP contribution in [0.25, 0.3) is 0 Å². The lowest BCUT2D eigenvalue weighted by molar-refractivity contribution is 0.0954. The standard InChI is InChI=1S/C15H10Cl2N2O3/c16-11-3-1-2-10(14(11)17)7-18-19-15(20)9-4-5-12-13(6-9)22-8-21-12/h1-7H,8H2,(H,19,20). The lowest BCUT2D eigenvalue weighted by Crippen LogP contribution is -2.17. The van der Waals surface area contributed by atoms with Crippen molar-refractivity contribution in [3.8, 4) is 11.5 Å². The van der Waals surface area contributed by atoms with Crippen molar-refractivity contribution in [2.24, 2.45) is 5.10 Å². The molecule has 2 aromatic rings. The summed E-state index contributed by atoms with van der Waals surface area (Å²) >= 11 is 11.9. The average Bonchev–Trinajstić information content (AvgIpc) is 2.98. The second kappa shape index (κ2) is 6.25. The SMILES string of the molecule is O=C(NN=Cc1cccc(Cl)c1Cl)c1ccc2c(c1)OCO2. The normalized spacial score (nSPS) is 12.6. The van der Waals surface area contributed by atoms with Gasteiger partial charge in [0.2, 0.25) is 6.79 Å². The first-order chi connectivity index (χ1) is 10.6. The third-order valence-corrected chi connectivity index (χ3v) is 3.82. The summed E-state index contributed by atoms with van der Waals surface area (Å²) in [6.45, 7) is 0.159. The third kappa shape index (κ3) is 3.00. The minimum atomic E-state index is -0.368.